The number of halogens is 4. The van der Waals surface area contributed by atoms with Gasteiger partial charge >= 0.3 is 0 Å². The molecule has 0 fully saturated rings. The maximum atomic E-state index is 14.9. The zero-order chi connectivity index (χ0) is 35.0. The Kier molecular flexibility index (Phi) is 7.59. The minimum atomic E-state index is -1.33. The lowest BCUT2D eigenvalue weighted by Gasteiger charge is -2.14. The molecule has 3 aromatic rings. The SMILES string of the molecule is [C-]#[N+]C1=C(c2cc(F)c([N+]#[C-])c(F)c2)/C(=C(/C#N)[N+]#[C-])c2c1cc1c(c2C#N)C(C#N)=C(c2cc(F)c(C#N)c(F)c2)/C1=C(\C#N)[N+]#[C-]. The van der Waals surface area contributed by atoms with Crippen molar-refractivity contribution >= 4 is 39.2 Å². The quantitative estimate of drug-likeness (QED) is 0.161. The van der Waals surface area contributed by atoms with E-state index in [1.807, 2.05) is 12.1 Å². The van der Waals surface area contributed by atoms with Gasteiger partial charge in [-0.2, -0.15) is 15.8 Å². The van der Waals surface area contributed by atoms with E-state index in [1.54, 1.807) is 12.1 Å². The Morgan fingerprint density at radius 1 is 0.562 bits per heavy atom. The third-order valence-corrected chi connectivity index (χ3v) is 7.44. The second-order valence-corrected chi connectivity index (χ2v) is 9.63. The number of nitrogens with zero attached hydrogens (tertiary/aromatic N) is 9. The van der Waals surface area contributed by atoms with Crippen molar-refractivity contribution in [3.63, 3.8) is 0 Å². The number of hydrogen-bond acceptors (Lipinski definition) is 5. The Bertz CT molecular complexity index is 2570. The van der Waals surface area contributed by atoms with E-state index in [2.05, 4.69) is 19.4 Å². The van der Waals surface area contributed by atoms with E-state index in [4.69, 9.17) is 31.6 Å². The van der Waals surface area contributed by atoms with Gasteiger partial charge in [0.2, 0.25) is 5.70 Å². The summed E-state index contributed by atoms with van der Waals surface area (Å²) in [4.78, 5) is 12.7. The van der Waals surface area contributed by atoms with Gasteiger partial charge in [-0.1, -0.05) is 6.07 Å². The van der Waals surface area contributed by atoms with E-state index in [-0.39, 0.29) is 50.1 Å². The van der Waals surface area contributed by atoms with Gasteiger partial charge in [-0.15, -0.1) is 0 Å². The molecule has 0 spiro atoms. The highest BCUT2D eigenvalue weighted by molar-refractivity contribution is 6.30. The van der Waals surface area contributed by atoms with Gasteiger partial charge in [0, 0.05) is 11.1 Å². The molecule has 2 aliphatic carbocycles. The lowest BCUT2D eigenvalue weighted by molar-refractivity contribution is 0.576. The van der Waals surface area contributed by atoms with Crippen LogP contribution in [0.4, 0.5) is 23.2 Å². The number of hydrogen-bond donors (Lipinski definition) is 0. The van der Waals surface area contributed by atoms with Gasteiger partial charge in [0.15, 0.2) is 0 Å². The van der Waals surface area contributed by atoms with E-state index in [9.17, 15) is 38.6 Å². The highest BCUT2D eigenvalue weighted by Crippen LogP contribution is 2.57. The molecule has 0 saturated heterocycles. The molecule has 0 radical (unpaired) electrons. The van der Waals surface area contributed by atoms with Crippen LogP contribution in [0.1, 0.15) is 44.5 Å². The van der Waals surface area contributed by atoms with E-state index in [1.165, 1.54) is 12.1 Å². The number of allylic oxidation sites excluding steroid dienone is 7. The summed E-state index contributed by atoms with van der Waals surface area (Å²) in [5.41, 5.74) is -7.80. The van der Waals surface area contributed by atoms with Crippen LogP contribution in [0.5, 0.6) is 0 Å². The smallest absolute Gasteiger partial charge is 0.237 e. The standard InChI is InChI=1S/C35H5F4N9/c1-45-26(13-43)32-17-9-18-31(21(12-42)30(17)20(11-41)28(32)15-5-22(36)19(10-40)23(37)6-15)33(27(14-44)46-2)29(34(18)47-3)16-7-24(38)35(48-4)25(39)8-16/h5-9H/b32-26+,33-27+. The molecule has 0 atom stereocenters. The van der Waals surface area contributed by atoms with Crippen LogP contribution in [0.2, 0.25) is 0 Å². The average molecular weight is 627 g/mol. The van der Waals surface area contributed by atoms with E-state index >= 15 is 0 Å². The second kappa shape index (κ2) is 11.7. The van der Waals surface area contributed by atoms with Crippen LogP contribution >= 0.6 is 0 Å². The van der Waals surface area contributed by atoms with Crippen LogP contribution < -0.4 is 0 Å². The number of nitriles is 5. The molecular weight excluding hydrogens is 622 g/mol. The molecule has 9 nitrogen and oxygen atoms in total. The molecule has 0 unspecified atom stereocenters. The molecular formula is C35H5F4N9. The fraction of sp³-hybridized carbons (Fsp3) is 0. The maximum Gasteiger partial charge on any atom is 0.270 e. The van der Waals surface area contributed by atoms with E-state index < -0.39 is 68.3 Å². The highest BCUT2D eigenvalue weighted by atomic mass is 19.1. The summed E-state index contributed by atoms with van der Waals surface area (Å²) in [6, 6.07) is 12.4. The van der Waals surface area contributed by atoms with Crippen molar-refractivity contribution in [2.45, 2.75) is 0 Å². The van der Waals surface area contributed by atoms with Crippen LogP contribution in [0.25, 0.3) is 52.9 Å². The summed E-state index contributed by atoms with van der Waals surface area (Å²) in [6.07, 6.45) is 0. The number of rotatable bonds is 2. The van der Waals surface area contributed by atoms with Gasteiger partial charge in [-0.25, -0.2) is 47.5 Å². The van der Waals surface area contributed by atoms with Crippen molar-refractivity contribution in [1.29, 1.82) is 26.3 Å². The molecule has 13 heteroatoms. The first kappa shape index (κ1) is 31.2. The first-order chi connectivity index (χ1) is 23.1. The van der Waals surface area contributed by atoms with Gasteiger partial charge in [-0.3, -0.25) is 0 Å². The van der Waals surface area contributed by atoms with Crippen molar-refractivity contribution in [2.75, 3.05) is 0 Å². The van der Waals surface area contributed by atoms with Gasteiger partial charge in [0.1, 0.15) is 47.0 Å². The lowest BCUT2D eigenvalue weighted by atomic mass is 9.87. The predicted molar refractivity (Wildman–Crippen MR) is 159 cm³/mol. The predicted octanol–water partition coefficient (Wildman–Crippen LogP) is 8.09. The van der Waals surface area contributed by atoms with Crippen LogP contribution in [0, 0.1) is 106 Å². The Balaban J connectivity index is 2.03. The Morgan fingerprint density at radius 2 is 1.08 bits per heavy atom. The topological polar surface area (TPSA) is 136 Å². The summed E-state index contributed by atoms with van der Waals surface area (Å²) < 4.78 is 59.4. The second-order valence-electron chi connectivity index (χ2n) is 9.63. The monoisotopic (exact) mass is 627 g/mol. The molecule has 2 aliphatic rings. The summed E-state index contributed by atoms with van der Waals surface area (Å²) in [5.74, 6) is -5.30. The fourth-order valence-corrected chi connectivity index (χ4v) is 5.66. The maximum absolute atomic E-state index is 14.9. The largest absolute Gasteiger partial charge is 0.270 e. The summed E-state index contributed by atoms with van der Waals surface area (Å²) in [6.45, 7) is 30.3. The number of fused-ring (bicyclic) bond motifs is 2. The van der Waals surface area contributed by atoms with Crippen LogP contribution in [-0.2, 0) is 0 Å². The Hall–Kier alpha value is -8.25. The summed E-state index contributed by atoms with van der Waals surface area (Å²) in [7, 11) is 0. The van der Waals surface area contributed by atoms with Gasteiger partial charge in [-0.05, 0) is 68.8 Å². The lowest BCUT2D eigenvalue weighted by Crippen LogP contribution is -2.00. The molecule has 218 valence electrons. The Labute approximate surface area is 268 Å². The molecule has 0 bridgehead atoms. The van der Waals surface area contributed by atoms with Gasteiger partial charge in [0.05, 0.1) is 49.6 Å². The first-order valence-corrected chi connectivity index (χ1v) is 12.8. The molecule has 0 amide bonds. The third kappa shape index (κ3) is 4.23. The highest BCUT2D eigenvalue weighted by Gasteiger charge is 2.40. The minimum Gasteiger partial charge on any atom is -0.237 e. The molecule has 48 heavy (non-hydrogen) atoms. The fourth-order valence-electron chi connectivity index (χ4n) is 5.66. The van der Waals surface area contributed by atoms with Crippen LogP contribution in [-0.4, -0.2) is 0 Å². The average Bonchev–Trinajstić information content (AvgIpc) is 3.57. The summed E-state index contributed by atoms with van der Waals surface area (Å²) in [5, 5.41) is 49.9. The molecule has 3 aromatic carbocycles. The normalized spacial score (nSPS) is 14.4. The van der Waals surface area contributed by atoms with Crippen molar-refractivity contribution in [2.24, 2.45) is 0 Å². The zero-order valence-electron chi connectivity index (χ0n) is 23.4. The first-order valence-electron chi connectivity index (χ1n) is 12.8. The van der Waals surface area contributed by atoms with Crippen molar-refractivity contribution in [3.05, 3.63) is 155 Å². The molecule has 5 rings (SSSR count). The number of benzene rings is 3. The van der Waals surface area contributed by atoms with Gasteiger partial charge < -0.3 is 0 Å². The minimum absolute atomic E-state index is 0.182. The van der Waals surface area contributed by atoms with Crippen molar-refractivity contribution < 1.29 is 17.6 Å². The Morgan fingerprint density at radius 3 is 1.54 bits per heavy atom. The molecule has 0 aromatic heterocycles. The van der Waals surface area contributed by atoms with Gasteiger partial charge in [0.25, 0.3) is 17.1 Å². The summed E-state index contributed by atoms with van der Waals surface area (Å²) >= 11 is 0. The van der Waals surface area contributed by atoms with Crippen molar-refractivity contribution in [1.82, 2.24) is 0 Å². The van der Waals surface area contributed by atoms with E-state index in [0.717, 1.165) is 0 Å². The van der Waals surface area contributed by atoms with Crippen LogP contribution in [0.3, 0.4) is 0 Å². The molecule has 0 saturated carbocycles. The molecule has 0 heterocycles. The van der Waals surface area contributed by atoms with Crippen LogP contribution in [0.15, 0.2) is 41.7 Å². The third-order valence-electron chi connectivity index (χ3n) is 7.44. The molecule has 0 N–H and O–H groups in total. The zero-order valence-corrected chi connectivity index (χ0v) is 23.4. The van der Waals surface area contributed by atoms with Crippen molar-refractivity contribution in [3.8, 4) is 30.3 Å². The van der Waals surface area contributed by atoms with E-state index in [0.29, 0.717) is 24.3 Å². The molecule has 0 aliphatic heterocycles.